The average molecular weight is 228 g/mol. The van der Waals surface area contributed by atoms with Crippen LogP contribution in [0.5, 0.6) is 0 Å². The van der Waals surface area contributed by atoms with Crippen LogP contribution in [0.1, 0.15) is 25.3 Å². The molecule has 0 bridgehead atoms. The fourth-order valence-corrected chi connectivity index (χ4v) is 2.83. The van der Waals surface area contributed by atoms with Crippen molar-refractivity contribution in [3.05, 3.63) is 34.6 Å². The Morgan fingerprint density at radius 3 is 2.53 bits per heavy atom. The molecule has 1 aromatic carbocycles. The minimum absolute atomic E-state index is 0.172. The smallest absolute Gasteiger partial charge is 0.124 e. The SMILES string of the molecule is CC1(C)C(CN)C1c1cc(F)cc(Cl)c1. The number of nitrogens with two attached hydrogens (primary N) is 1. The Morgan fingerprint density at radius 2 is 2.07 bits per heavy atom. The van der Waals surface area contributed by atoms with E-state index in [1.165, 1.54) is 6.07 Å². The molecule has 1 aromatic rings. The van der Waals surface area contributed by atoms with Crippen LogP contribution < -0.4 is 5.73 Å². The number of hydrogen-bond donors (Lipinski definition) is 1. The largest absolute Gasteiger partial charge is 0.330 e. The summed E-state index contributed by atoms with van der Waals surface area (Å²) in [6, 6.07) is 4.73. The molecule has 3 heteroatoms. The van der Waals surface area contributed by atoms with E-state index in [0.29, 0.717) is 23.4 Å². The second-order valence-electron chi connectivity index (χ2n) is 4.84. The van der Waals surface area contributed by atoms with Gasteiger partial charge >= 0.3 is 0 Å². The molecule has 1 aliphatic carbocycles. The highest BCUT2D eigenvalue weighted by molar-refractivity contribution is 6.30. The van der Waals surface area contributed by atoms with Crippen molar-refractivity contribution in [2.75, 3.05) is 6.54 Å². The second-order valence-corrected chi connectivity index (χ2v) is 5.28. The molecule has 2 unspecified atom stereocenters. The fraction of sp³-hybridized carbons (Fsp3) is 0.500. The molecule has 0 saturated heterocycles. The summed E-state index contributed by atoms with van der Waals surface area (Å²) < 4.78 is 13.2. The molecule has 1 fully saturated rings. The van der Waals surface area contributed by atoms with Gasteiger partial charge in [0, 0.05) is 5.02 Å². The standard InChI is InChI=1S/C12H15ClFN/c1-12(2)10(6-15)11(12)7-3-8(13)5-9(14)4-7/h3-5,10-11H,6,15H2,1-2H3. The van der Waals surface area contributed by atoms with Crippen molar-refractivity contribution in [2.45, 2.75) is 19.8 Å². The van der Waals surface area contributed by atoms with Crippen LogP contribution in [0.3, 0.4) is 0 Å². The van der Waals surface area contributed by atoms with E-state index in [1.54, 1.807) is 6.07 Å². The lowest BCUT2D eigenvalue weighted by atomic mass is 10.0. The van der Waals surface area contributed by atoms with Crippen LogP contribution in [-0.4, -0.2) is 6.54 Å². The first-order chi connectivity index (χ1) is 6.96. The fourth-order valence-electron chi connectivity index (χ4n) is 2.60. The molecular weight excluding hydrogens is 213 g/mol. The highest BCUT2D eigenvalue weighted by Crippen LogP contribution is 2.63. The van der Waals surface area contributed by atoms with Crippen LogP contribution >= 0.6 is 11.6 Å². The van der Waals surface area contributed by atoms with Gasteiger partial charge in [0.25, 0.3) is 0 Å². The summed E-state index contributed by atoms with van der Waals surface area (Å²) in [4.78, 5) is 0. The minimum atomic E-state index is -0.268. The predicted octanol–water partition coefficient (Wildman–Crippen LogP) is 3.18. The van der Waals surface area contributed by atoms with Crippen LogP contribution in [0.2, 0.25) is 5.02 Å². The van der Waals surface area contributed by atoms with Gasteiger partial charge in [-0.15, -0.1) is 0 Å². The molecule has 2 rings (SSSR count). The first kappa shape index (κ1) is 10.9. The Bertz CT molecular complexity index is 369. The number of hydrogen-bond acceptors (Lipinski definition) is 1. The maximum atomic E-state index is 13.2. The Morgan fingerprint density at radius 1 is 1.40 bits per heavy atom. The molecule has 0 radical (unpaired) electrons. The minimum Gasteiger partial charge on any atom is -0.330 e. The molecule has 2 N–H and O–H groups in total. The molecule has 0 aromatic heterocycles. The molecule has 1 aliphatic rings. The summed E-state index contributed by atoms with van der Waals surface area (Å²) in [6.45, 7) is 4.97. The zero-order chi connectivity index (χ0) is 11.2. The van der Waals surface area contributed by atoms with Gasteiger partial charge in [-0.2, -0.15) is 0 Å². The van der Waals surface area contributed by atoms with Gasteiger partial charge in [-0.1, -0.05) is 25.4 Å². The first-order valence-corrected chi connectivity index (χ1v) is 5.50. The van der Waals surface area contributed by atoms with Crippen molar-refractivity contribution in [3.63, 3.8) is 0 Å². The van der Waals surface area contributed by atoms with Crippen molar-refractivity contribution >= 4 is 11.6 Å². The molecular formula is C12H15ClFN. The van der Waals surface area contributed by atoms with E-state index in [2.05, 4.69) is 13.8 Å². The van der Waals surface area contributed by atoms with Crippen molar-refractivity contribution in [2.24, 2.45) is 17.1 Å². The lowest BCUT2D eigenvalue weighted by Gasteiger charge is -2.04. The second kappa shape index (κ2) is 3.46. The van der Waals surface area contributed by atoms with Gasteiger partial charge in [0.05, 0.1) is 0 Å². The summed E-state index contributed by atoms with van der Waals surface area (Å²) in [5.74, 6) is 0.516. The van der Waals surface area contributed by atoms with Gasteiger partial charge in [0.15, 0.2) is 0 Å². The highest BCUT2D eigenvalue weighted by Gasteiger charge is 2.57. The molecule has 0 amide bonds. The summed E-state index contributed by atoms with van der Waals surface area (Å²) in [5, 5.41) is 0.462. The summed E-state index contributed by atoms with van der Waals surface area (Å²) >= 11 is 5.83. The van der Waals surface area contributed by atoms with Crippen LogP contribution in [0.15, 0.2) is 18.2 Å². The lowest BCUT2D eigenvalue weighted by molar-refractivity contribution is 0.558. The van der Waals surface area contributed by atoms with E-state index >= 15 is 0 Å². The molecule has 2 atom stereocenters. The average Bonchev–Trinajstić information content (AvgIpc) is 2.66. The summed E-state index contributed by atoms with van der Waals surface area (Å²) in [6.07, 6.45) is 0. The third kappa shape index (κ3) is 1.77. The Balaban J connectivity index is 2.32. The van der Waals surface area contributed by atoms with Crippen molar-refractivity contribution in [1.29, 1.82) is 0 Å². The Kier molecular flexibility index (Phi) is 2.52. The third-order valence-corrected chi connectivity index (χ3v) is 3.77. The summed E-state index contributed by atoms with van der Waals surface area (Å²) in [7, 11) is 0. The molecule has 1 nitrogen and oxygen atoms in total. The molecule has 0 heterocycles. The normalized spacial score (nSPS) is 27.8. The monoisotopic (exact) mass is 227 g/mol. The zero-order valence-electron chi connectivity index (χ0n) is 8.93. The zero-order valence-corrected chi connectivity index (χ0v) is 9.68. The lowest BCUT2D eigenvalue weighted by Crippen LogP contribution is -2.05. The molecule has 1 saturated carbocycles. The van der Waals surface area contributed by atoms with Crippen molar-refractivity contribution in [1.82, 2.24) is 0 Å². The van der Waals surface area contributed by atoms with Gasteiger partial charge in [0.1, 0.15) is 5.82 Å². The number of halogens is 2. The number of benzene rings is 1. The topological polar surface area (TPSA) is 26.0 Å². The molecule has 82 valence electrons. The third-order valence-electron chi connectivity index (χ3n) is 3.55. The van der Waals surface area contributed by atoms with Crippen molar-refractivity contribution < 1.29 is 4.39 Å². The van der Waals surface area contributed by atoms with E-state index in [1.807, 2.05) is 6.07 Å². The van der Waals surface area contributed by atoms with Crippen LogP contribution in [0, 0.1) is 17.2 Å². The van der Waals surface area contributed by atoms with E-state index in [9.17, 15) is 4.39 Å². The van der Waals surface area contributed by atoms with E-state index in [-0.39, 0.29) is 11.2 Å². The maximum absolute atomic E-state index is 13.2. The quantitative estimate of drug-likeness (QED) is 0.825. The predicted molar refractivity (Wildman–Crippen MR) is 60.5 cm³/mol. The van der Waals surface area contributed by atoms with Crippen molar-refractivity contribution in [3.8, 4) is 0 Å². The van der Waals surface area contributed by atoms with Crippen LogP contribution in [-0.2, 0) is 0 Å². The van der Waals surface area contributed by atoms with E-state index in [4.69, 9.17) is 17.3 Å². The Hall–Kier alpha value is -0.600. The molecule has 0 spiro atoms. The Labute approximate surface area is 94.4 Å². The van der Waals surface area contributed by atoms with Crippen LogP contribution in [0.25, 0.3) is 0 Å². The van der Waals surface area contributed by atoms with Gasteiger partial charge in [0.2, 0.25) is 0 Å². The van der Waals surface area contributed by atoms with Gasteiger partial charge in [-0.05, 0) is 47.6 Å². The van der Waals surface area contributed by atoms with Gasteiger partial charge in [-0.25, -0.2) is 4.39 Å². The molecule has 15 heavy (non-hydrogen) atoms. The van der Waals surface area contributed by atoms with Gasteiger partial charge < -0.3 is 5.73 Å². The number of rotatable bonds is 2. The maximum Gasteiger partial charge on any atom is 0.124 e. The van der Waals surface area contributed by atoms with E-state index in [0.717, 1.165) is 5.56 Å². The van der Waals surface area contributed by atoms with Crippen LogP contribution in [0.4, 0.5) is 4.39 Å². The van der Waals surface area contributed by atoms with Gasteiger partial charge in [-0.3, -0.25) is 0 Å². The first-order valence-electron chi connectivity index (χ1n) is 5.13. The summed E-state index contributed by atoms with van der Waals surface area (Å²) in [5.41, 5.74) is 6.83. The molecule has 0 aliphatic heterocycles. The highest BCUT2D eigenvalue weighted by atomic mass is 35.5. The van der Waals surface area contributed by atoms with E-state index < -0.39 is 0 Å².